The number of hydrogen-bond acceptors (Lipinski definition) is 4. The van der Waals surface area contributed by atoms with Crippen LogP contribution >= 0.6 is 0 Å². The molecule has 5 heteroatoms. The molecule has 0 aliphatic heterocycles. The number of carboxylic acid groups (broad SMARTS) is 1. The number of carbonyl (C=O) groups is 3. The smallest absolute Gasteiger partial charge is 0.310 e. The Morgan fingerprint density at radius 3 is 2.49 bits per heavy atom. The summed E-state index contributed by atoms with van der Waals surface area (Å²) in [6.07, 6.45) is 7.11. The van der Waals surface area contributed by atoms with E-state index in [0.717, 1.165) is 48.8 Å². The third-order valence-electron chi connectivity index (χ3n) is 9.94. The van der Waals surface area contributed by atoms with Gasteiger partial charge in [-0.2, -0.15) is 0 Å². The molecule has 0 amide bonds. The van der Waals surface area contributed by atoms with Crippen molar-refractivity contribution in [2.75, 3.05) is 0 Å². The highest BCUT2D eigenvalue weighted by atomic mass is 16.4. The van der Waals surface area contributed by atoms with Gasteiger partial charge in [0, 0.05) is 18.8 Å². The normalized spacial score (nSPS) is 33.0. The van der Waals surface area contributed by atoms with Gasteiger partial charge in [-0.3, -0.25) is 14.4 Å². The molecular weight excluding hydrogens is 440 g/mol. The van der Waals surface area contributed by atoms with Gasteiger partial charge in [-0.1, -0.05) is 46.3 Å². The summed E-state index contributed by atoms with van der Waals surface area (Å²) < 4.78 is 0. The Kier molecular flexibility index (Phi) is 8.83. The molecule has 1 saturated carbocycles. The van der Waals surface area contributed by atoms with Crippen molar-refractivity contribution in [3.8, 4) is 0 Å². The third kappa shape index (κ3) is 5.50. The predicted octanol–water partition coefficient (Wildman–Crippen LogP) is 6.15. The maximum absolute atomic E-state index is 13.5. The number of hydrogen-bond donors (Lipinski definition) is 2. The van der Waals surface area contributed by atoms with Crippen LogP contribution in [0.25, 0.3) is 0 Å². The van der Waals surface area contributed by atoms with E-state index in [0.29, 0.717) is 43.9 Å². The molecule has 2 N–H and O–H groups in total. The molecule has 0 heterocycles. The zero-order valence-corrected chi connectivity index (χ0v) is 22.4. The number of aliphatic hydroxyl groups excluding tert-OH is 1. The minimum absolute atomic E-state index is 0.0415. The van der Waals surface area contributed by atoms with E-state index in [4.69, 9.17) is 0 Å². The fourth-order valence-corrected chi connectivity index (χ4v) is 7.44. The molecule has 0 bridgehead atoms. The summed E-state index contributed by atoms with van der Waals surface area (Å²) in [5.41, 5.74) is 2.38. The summed E-state index contributed by atoms with van der Waals surface area (Å²) in [7, 11) is 0. The van der Waals surface area contributed by atoms with Crippen LogP contribution in [0.3, 0.4) is 0 Å². The first-order valence-corrected chi connectivity index (χ1v) is 13.8. The fourth-order valence-electron chi connectivity index (χ4n) is 7.44. The molecule has 3 aliphatic rings. The van der Waals surface area contributed by atoms with Gasteiger partial charge in [-0.25, -0.2) is 0 Å². The van der Waals surface area contributed by atoms with Crippen LogP contribution in [0.15, 0.2) is 23.3 Å². The maximum atomic E-state index is 13.5. The number of fused-ring (bicyclic) bond motifs is 2. The second-order valence-electron chi connectivity index (χ2n) is 12.1. The van der Waals surface area contributed by atoms with Crippen LogP contribution in [0, 0.1) is 40.9 Å². The average molecular weight is 487 g/mol. The van der Waals surface area contributed by atoms with Gasteiger partial charge in [0.2, 0.25) is 0 Å². The molecule has 0 spiro atoms. The number of allylic oxidation sites excluding steroid dienone is 1. The number of rotatable bonds is 11. The van der Waals surface area contributed by atoms with Crippen molar-refractivity contribution >= 4 is 17.5 Å². The molecule has 0 aromatic heterocycles. The minimum Gasteiger partial charge on any atom is -0.481 e. The highest BCUT2D eigenvalue weighted by Crippen LogP contribution is 2.61. The van der Waals surface area contributed by atoms with Crippen molar-refractivity contribution in [2.24, 2.45) is 40.9 Å². The Hall–Kier alpha value is -1.75. The number of Topliss-reactive ketones (excluding diaryl/α,β-unsaturated/α-hetero) is 2. The van der Waals surface area contributed by atoms with Gasteiger partial charge in [0.25, 0.3) is 0 Å². The number of unbranched alkanes of at least 4 members (excludes halogenated alkanes) is 1. The van der Waals surface area contributed by atoms with Gasteiger partial charge in [0.05, 0.1) is 12.0 Å². The monoisotopic (exact) mass is 486 g/mol. The maximum Gasteiger partial charge on any atom is 0.310 e. The first kappa shape index (κ1) is 27.8. The second kappa shape index (κ2) is 11.1. The molecule has 5 nitrogen and oxygen atoms in total. The van der Waals surface area contributed by atoms with Crippen molar-refractivity contribution in [2.45, 2.75) is 105 Å². The summed E-state index contributed by atoms with van der Waals surface area (Å²) in [6.45, 7) is 14.2. The molecule has 3 aliphatic carbocycles. The highest BCUT2D eigenvalue weighted by Gasteiger charge is 2.56. The minimum atomic E-state index is -0.834. The predicted molar refractivity (Wildman–Crippen MR) is 138 cm³/mol. The number of carboxylic acids is 1. The van der Waals surface area contributed by atoms with Gasteiger partial charge in [0.15, 0.2) is 5.78 Å². The van der Waals surface area contributed by atoms with Crippen LogP contribution in [0.1, 0.15) is 98.8 Å². The molecule has 0 saturated heterocycles. The van der Waals surface area contributed by atoms with Crippen molar-refractivity contribution < 1.29 is 24.6 Å². The van der Waals surface area contributed by atoms with E-state index in [1.165, 1.54) is 0 Å². The van der Waals surface area contributed by atoms with Crippen LogP contribution in [0.5, 0.6) is 0 Å². The molecule has 1 fully saturated rings. The van der Waals surface area contributed by atoms with Gasteiger partial charge in [0.1, 0.15) is 5.78 Å². The lowest BCUT2D eigenvalue weighted by molar-refractivity contribution is -0.140. The van der Waals surface area contributed by atoms with Crippen LogP contribution in [-0.2, 0) is 14.4 Å². The van der Waals surface area contributed by atoms with E-state index in [2.05, 4.69) is 27.4 Å². The SMILES string of the molecule is C=C(CC[C@@H](C)[C@H]1CC[C@H]2C3=C(C[C@H]([C@H](C)C(=O)CCCC)C[C@@H]3O)C(=O)C[C@]12C)C(C)C(=O)O. The molecule has 0 aromatic carbocycles. The van der Waals surface area contributed by atoms with E-state index in [-0.39, 0.29) is 34.7 Å². The molecule has 3 rings (SSSR count). The summed E-state index contributed by atoms with van der Waals surface area (Å²) in [5, 5.41) is 20.6. The Balaban J connectivity index is 1.74. The van der Waals surface area contributed by atoms with Crippen LogP contribution in [0.4, 0.5) is 0 Å². The van der Waals surface area contributed by atoms with E-state index >= 15 is 0 Å². The highest BCUT2D eigenvalue weighted by molar-refractivity contribution is 5.98. The topological polar surface area (TPSA) is 91.7 Å². The van der Waals surface area contributed by atoms with Gasteiger partial charge in [-0.05, 0) is 92.1 Å². The van der Waals surface area contributed by atoms with Crippen molar-refractivity contribution in [3.63, 3.8) is 0 Å². The molecule has 0 radical (unpaired) electrons. The molecular formula is C30H46O5. The first-order chi connectivity index (χ1) is 16.4. The van der Waals surface area contributed by atoms with E-state index in [9.17, 15) is 24.6 Å². The number of ketones is 2. The van der Waals surface area contributed by atoms with Crippen LogP contribution in [0.2, 0.25) is 0 Å². The Bertz CT molecular complexity index is 885. The quantitative estimate of drug-likeness (QED) is 0.342. The number of aliphatic hydroxyl groups is 1. The average Bonchev–Trinajstić information content (AvgIpc) is 3.15. The standard InChI is InChI=1S/C30H46O5/c1-7-8-9-25(31)20(5)21-14-22-27(33)16-30(6)23(12-13-24(30)28(22)26(32)15-21)18(3)11-10-17(2)19(4)29(34)35/h18-21,23-24,26,32H,2,7-16H2,1,3-6H3,(H,34,35)/t18-,19?,20+,21+,23-,24+,26+,30-/m1/s1. The van der Waals surface area contributed by atoms with E-state index in [1.54, 1.807) is 6.92 Å². The molecule has 8 atom stereocenters. The molecule has 1 unspecified atom stereocenters. The second-order valence-corrected chi connectivity index (χ2v) is 12.1. The first-order valence-electron chi connectivity index (χ1n) is 13.8. The van der Waals surface area contributed by atoms with Gasteiger partial charge in [-0.15, -0.1) is 0 Å². The van der Waals surface area contributed by atoms with Gasteiger partial charge >= 0.3 is 5.97 Å². The fraction of sp³-hybridized carbons (Fsp3) is 0.767. The van der Waals surface area contributed by atoms with Crippen LogP contribution < -0.4 is 0 Å². The third-order valence-corrected chi connectivity index (χ3v) is 9.94. The summed E-state index contributed by atoms with van der Waals surface area (Å²) >= 11 is 0. The number of carbonyl (C=O) groups excluding carboxylic acids is 2. The molecule has 35 heavy (non-hydrogen) atoms. The lowest BCUT2D eigenvalue weighted by atomic mass is 9.56. The van der Waals surface area contributed by atoms with Gasteiger partial charge < -0.3 is 10.2 Å². The van der Waals surface area contributed by atoms with Crippen LogP contribution in [-0.4, -0.2) is 33.9 Å². The Morgan fingerprint density at radius 1 is 1.17 bits per heavy atom. The van der Waals surface area contributed by atoms with E-state index in [1.807, 2.05) is 6.92 Å². The van der Waals surface area contributed by atoms with Crippen molar-refractivity contribution in [1.29, 1.82) is 0 Å². The Morgan fingerprint density at radius 2 is 1.86 bits per heavy atom. The Labute approximate surface area is 211 Å². The van der Waals surface area contributed by atoms with Crippen molar-refractivity contribution in [3.05, 3.63) is 23.3 Å². The van der Waals surface area contributed by atoms with E-state index < -0.39 is 18.0 Å². The lowest BCUT2D eigenvalue weighted by Gasteiger charge is -2.48. The largest absolute Gasteiger partial charge is 0.481 e. The summed E-state index contributed by atoms with van der Waals surface area (Å²) in [5.74, 6) is -0.109. The molecule has 0 aromatic rings. The zero-order chi connectivity index (χ0) is 26.1. The van der Waals surface area contributed by atoms with Crippen molar-refractivity contribution in [1.82, 2.24) is 0 Å². The molecule has 196 valence electrons. The lowest BCUT2D eigenvalue weighted by Crippen LogP contribution is -2.45. The number of aliphatic carboxylic acids is 1. The zero-order valence-electron chi connectivity index (χ0n) is 22.4. The summed E-state index contributed by atoms with van der Waals surface area (Å²) in [6, 6.07) is 0. The summed E-state index contributed by atoms with van der Waals surface area (Å²) in [4.78, 5) is 37.4.